The van der Waals surface area contributed by atoms with Crippen molar-refractivity contribution in [2.45, 2.75) is 6.42 Å². The maximum absolute atomic E-state index is 8.67. The largest absolute Gasteiger partial charge is 0.398 e. The zero-order valence-electron chi connectivity index (χ0n) is 7.62. The average Bonchev–Trinajstić information content (AvgIpc) is 2.20. The predicted molar refractivity (Wildman–Crippen MR) is 54.1 cm³/mol. The monoisotopic (exact) mass is 189 g/mol. The fourth-order valence-corrected chi connectivity index (χ4v) is 1.11. The van der Waals surface area contributed by atoms with Crippen LogP contribution >= 0.6 is 0 Å². The van der Waals surface area contributed by atoms with E-state index in [-0.39, 0.29) is 12.3 Å². The molecule has 0 amide bonds. The molecule has 4 nitrogen and oxygen atoms in total. The lowest BCUT2D eigenvalue weighted by atomic mass is 10.0. The minimum Gasteiger partial charge on any atom is -0.398 e. The standard InChI is InChI=1S/C10H11N3O/c11-5-7-1-2-8(10(13)3-7)4-9(12)6-14/h1-3,12,14H,4,6,13H2. The van der Waals surface area contributed by atoms with Gasteiger partial charge in [0.2, 0.25) is 0 Å². The number of nitrogens with zero attached hydrogens (tertiary/aromatic N) is 1. The SMILES string of the molecule is N#Cc1ccc(CC(=N)CO)c(N)c1. The Hall–Kier alpha value is -1.86. The van der Waals surface area contributed by atoms with Gasteiger partial charge in [0, 0.05) is 17.8 Å². The first-order valence-electron chi connectivity index (χ1n) is 4.13. The van der Waals surface area contributed by atoms with E-state index in [4.69, 9.17) is 21.5 Å². The van der Waals surface area contributed by atoms with Crippen molar-refractivity contribution in [1.29, 1.82) is 10.7 Å². The number of aliphatic hydroxyl groups excluding tert-OH is 1. The Morgan fingerprint density at radius 3 is 2.79 bits per heavy atom. The van der Waals surface area contributed by atoms with Crippen LogP contribution in [-0.4, -0.2) is 17.4 Å². The minimum atomic E-state index is -0.264. The number of hydrogen-bond acceptors (Lipinski definition) is 4. The van der Waals surface area contributed by atoms with Crippen LogP contribution in [0.5, 0.6) is 0 Å². The first-order valence-corrected chi connectivity index (χ1v) is 4.13. The number of aliphatic hydroxyl groups is 1. The summed E-state index contributed by atoms with van der Waals surface area (Å²) in [6.45, 7) is -0.264. The highest BCUT2D eigenvalue weighted by Gasteiger charge is 2.03. The molecule has 1 aromatic rings. The van der Waals surface area contributed by atoms with E-state index >= 15 is 0 Å². The summed E-state index contributed by atoms with van der Waals surface area (Å²) in [5.74, 6) is 0. The van der Waals surface area contributed by atoms with E-state index in [1.54, 1.807) is 18.2 Å². The van der Waals surface area contributed by atoms with Crippen molar-refractivity contribution in [2.75, 3.05) is 12.3 Å². The predicted octanol–water partition coefficient (Wildman–Crippen LogP) is 0.695. The highest BCUT2D eigenvalue weighted by Crippen LogP contribution is 2.14. The van der Waals surface area contributed by atoms with Gasteiger partial charge in [-0.3, -0.25) is 0 Å². The minimum absolute atomic E-state index is 0.210. The maximum atomic E-state index is 8.67. The molecule has 0 aliphatic rings. The number of nitrogen functional groups attached to an aromatic ring is 1. The normalized spacial score (nSPS) is 9.43. The number of benzene rings is 1. The van der Waals surface area contributed by atoms with Gasteiger partial charge in [-0.25, -0.2) is 0 Å². The van der Waals surface area contributed by atoms with Crippen molar-refractivity contribution in [2.24, 2.45) is 0 Å². The summed E-state index contributed by atoms with van der Waals surface area (Å²) in [5, 5.41) is 24.6. The maximum Gasteiger partial charge on any atom is 0.0992 e. The van der Waals surface area contributed by atoms with Crippen LogP contribution in [0.1, 0.15) is 11.1 Å². The van der Waals surface area contributed by atoms with E-state index in [9.17, 15) is 0 Å². The zero-order valence-corrected chi connectivity index (χ0v) is 7.62. The number of nitrogens with one attached hydrogen (secondary N) is 1. The summed E-state index contributed by atoms with van der Waals surface area (Å²) in [6, 6.07) is 6.90. The van der Waals surface area contributed by atoms with Gasteiger partial charge in [0.25, 0.3) is 0 Å². The van der Waals surface area contributed by atoms with Crippen molar-refractivity contribution in [3.8, 4) is 6.07 Å². The first kappa shape index (κ1) is 10.2. The van der Waals surface area contributed by atoms with E-state index in [0.717, 1.165) is 5.56 Å². The molecular formula is C10H11N3O. The Kier molecular flexibility index (Phi) is 3.21. The van der Waals surface area contributed by atoms with Gasteiger partial charge >= 0.3 is 0 Å². The number of hydrogen-bond donors (Lipinski definition) is 3. The van der Waals surface area contributed by atoms with E-state index in [2.05, 4.69) is 0 Å². The molecule has 1 rings (SSSR count). The lowest BCUT2D eigenvalue weighted by Crippen LogP contribution is -2.08. The van der Waals surface area contributed by atoms with E-state index < -0.39 is 0 Å². The molecule has 0 bridgehead atoms. The summed E-state index contributed by atoms with van der Waals surface area (Å²) in [5.41, 5.74) is 7.64. The smallest absolute Gasteiger partial charge is 0.0992 e. The zero-order chi connectivity index (χ0) is 10.6. The molecule has 0 aliphatic heterocycles. The van der Waals surface area contributed by atoms with Gasteiger partial charge in [-0.1, -0.05) is 6.07 Å². The molecule has 0 heterocycles. The molecule has 0 radical (unpaired) electrons. The van der Waals surface area contributed by atoms with Gasteiger partial charge in [-0.05, 0) is 17.7 Å². The Labute approximate surface area is 82.1 Å². The second-order valence-corrected chi connectivity index (χ2v) is 2.96. The van der Waals surface area contributed by atoms with Crippen molar-refractivity contribution in [3.63, 3.8) is 0 Å². The topological polar surface area (TPSA) is 93.9 Å². The fraction of sp³-hybridized carbons (Fsp3) is 0.200. The van der Waals surface area contributed by atoms with Crippen molar-refractivity contribution in [1.82, 2.24) is 0 Å². The molecule has 0 atom stereocenters. The summed E-state index contributed by atoms with van der Waals surface area (Å²) < 4.78 is 0. The van der Waals surface area contributed by atoms with E-state index in [0.29, 0.717) is 17.7 Å². The number of nitrogens with two attached hydrogens (primary N) is 1. The second-order valence-electron chi connectivity index (χ2n) is 2.96. The Morgan fingerprint density at radius 2 is 2.29 bits per heavy atom. The number of nitriles is 1. The van der Waals surface area contributed by atoms with Gasteiger partial charge in [-0.15, -0.1) is 0 Å². The highest BCUT2D eigenvalue weighted by atomic mass is 16.3. The molecule has 0 saturated heterocycles. The molecular weight excluding hydrogens is 178 g/mol. The lowest BCUT2D eigenvalue weighted by Gasteiger charge is -2.05. The summed E-state index contributed by atoms with van der Waals surface area (Å²) >= 11 is 0. The molecule has 0 aromatic heterocycles. The third-order valence-corrected chi connectivity index (χ3v) is 1.87. The van der Waals surface area contributed by atoms with Crippen molar-refractivity contribution < 1.29 is 5.11 Å². The second kappa shape index (κ2) is 4.40. The van der Waals surface area contributed by atoms with Gasteiger partial charge in [0.05, 0.1) is 18.2 Å². The highest BCUT2D eigenvalue weighted by molar-refractivity contribution is 5.85. The Bertz CT molecular complexity index is 393. The molecule has 0 unspecified atom stereocenters. The number of anilines is 1. The molecule has 0 spiro atoms. The lowest BCUT2D eigenvalue weighted by molar-refractivity contribution is 0.355. The van der Waals surface area contributed by atoms with E-state index in [1.165, 1.54) is 0 Å². The summed E-state index contributed by atoms with van der Waals surface area (Å²) in [4.78, 5) is 0. The van der Waals surface area contributed by atoms with Crippen LogP contribution in [0.4, 0.5) is 5.69 Å². The van der Waals surface area contributed by atoms with E-state index in [1.807, 2.05) is 6.07 Å². The third-order valence-electron chi connectivity index (χ3n) is 1.87. The van der Waals surface area contributed by atoms with Crippen LogP contribution in [0, 0.1) is 16.7 Å². The molecule has 14 heavy (non-hydrogen) atoms. The quantitative estimate of drug-likeness (QED) is 0.482. The fourth-order valence-electron chi connectivity index (χ4n) is 1.11. The summed E-state index contributed by atoms with van der Waals surface area (Å²) in [7, 11) is 0. The Morgan fingerprint density at radius 1 is 1.57 bits per heavy atom. The molecule has 4 heteroatoms. The van der Waals surface area contributed by atoms with Crippen LogP contribution in [0.25, 0.3) is 0 Å². The molecule has 0 aliphatic carbocycles. The van der Waals surface area contributed by atoms with Crippen LogP contribution in [-0.2, 0) is 6.42 Å². The molecule has 0 saturated carbocycles. The average molecular weight is 189 g/mol. The van der Waals surface area contributed by atoms with Crippen LogP contribution in [0.15, 0.2) is 18.2 Å². The van der Waals surface area contributed by atoms with Crippen LogP contribution < -0.4 is 5.73 Å². The van der Waals surface area contributed by atoms with Gasteiger partial charge in [-0.2, -0.15) is 5.26 Å². The molecule has 0 fully saturated rings. The van der Waals surface area contributed by atoms with Crippen LogP contribution in [0.3, 0.4) is 0 Å². The number of rotatable bonds is 3. The van der Waals surface area contributed by atoms with Gasteiger partial charge in [0.1, 0.15) is 0 Å². The van der Waals surface area contributed by atoms with Gasteiger partial charge in [0.15, 0.2) is 0 Å². The van der Waals surface area contributed by atoms with Crippen molar-refractivity contribution in [3.05, 3.63) is 29.3 Å². The van der Waals surface area contributed by atoms with Crippen LogP contribution in [0.2, 0.25) is 0 Å². The Balaban J connectivity index is 2.90. The molecule has 4 N–H and O–H groups in total. The van der Waals surface area contributed by atoms with Crippen molar-refractivity contribution >= 4 is 11.4 Å². The first-order chi connectivity index (χ1) is 6.67. The molecule has 72 valence electrons. The van der Waals surface area contributed by atoms with Gasteiger partial charge < -0.3 is 16.2 Å². The third kappa shape index (κ3) is 2.31. The summed E-state index contributed by atoms with van der Waals surface area (Å²) in [6.07, 6.45) is 0.327. The molecule has 1 aromatic carbocycles.